The van der Waals surface area contributed by atoms with Gasteiger partial charge in [-0.2, -0.15) is 0 Å². The topological polar surface area (TPSA) is 91.4 Å². The van der Waals surface area contributed by atoms with E-state index in [4.69, 9.17) is 11.6 Å². The number of halogens is 1. The third-order valence-corrected chi connectivity index (χ3v) is 5.07. The SMILES string of the molecule is CCCNC(=O)Cc1csc(NC(=O)CN(CC(C)C)C(=O)c2ccc(Cl)cc2)n1. The minimum absolute atomic E-state index is 0.0917. The second-order valence-corrected chi connectivity index (χ2v) is 8.60. The summed E-state index contributed by atoms with van der Waals surface area (Å²) in [5.74, 6) is -0.476. The predicted octanol–water partition coefficient (Wildman–Crippen LogP) is 3.60. The van der Waals surface area contributed by atoms with Crippen molar-refractivity contribution in [2.24, 2.45) is 5.92 Å². The third-order valence-electron chi connectivity index (χ3n) is 4.01. The van der Waals surface area contributed by atoms with Crippen LogP contribution in [-0.2, 0) is 16.0 Å². The number of nitrogens with one attached hydrogen (secondary N) is 2. The van der Waals surface area contributed by atoms with Gasteiger partial charge >= 0.3 is 0 Å². The smallest absolute Gasteiger partial charge is 0.254 e. The molecule has 0 spiro atoms. The molecule has 0 bridgehead atoms. The van der Waals surface area contributed by atoms with Gasteiger partial charge in [-0.15, -0.1) is 11.3 Å². The molecule has 7 nitrogen and oxygen atoms in total. The molecule has 0 aliphatic heterocycles. The Morgan fingerprint density at radius 2 is 1.87 bits per heavy atom. The minimum atomic E-state index is -0.339. The van der Waals surface area contributed by atoms with Gasteiger partial charge in [0.25, 0.3) is 5.91 Å². The molecule has 0 fully saturated rings. The van der Waals surface area contributed by atoms with Crippen molar-refractivity contribution >= 4 is 45.8 Å². The number of benzene rings is 1. The number of anilines is 1. The molecule has 1 aromatic heterocycles. The van der Waals surface area contributed by atoms with Crippen LogP contribution in [0.3, 0.4) is 0 Å². The predicted molar refractivity (Wildman–Crippen MR) is 120 cm³/mol. The Balaban J connectivity index is 1.98. The molecule has 3 amide bonds. The van der Waals surface area contributed by atoms with Crippen molar-refractivity contribution in [2.75, 3.05) is 25.0 Å². The first-order valence-corrected chi connectivity index (χ1v) is 11.1. The maximum Gasteiger partial charge on any atom is 0.254 e. The number of amides is 3. The molecule has 2 N–H and O–H groups in total. The number of nitrogens with zero attached hydrogens (tertiary/aromatic N) is 2. The maximum absolute atomic E-state index is 12.8. The van der Waals surface area contributed by atoms with E-state index in [9.17, 15) is 14.4 Å². The van der Waals surface area contributed by atoms with Gasteiger partial charge in [-0.1, -0.05) is 32.4 Å². The summed E-state index contributed by atoms with van der Waals surface area (Å²) >= 11 is 7.14. The van der Waals surface area contributed by atoms with Gasteiger partial charge in [0, 0.05) is 29.1 Å². The van der Waals surface area contributed by atoms with E-state index >= 15 is 0 Å². The molecule has 1 aromatic carbocycles. The first-order valence-electron chi connectivity index (χ1n) is 9.84. The summed E-state index contributed by atoms with van der Waals surface area (Å²) in [6.45, 7) is 6.92. The highest BCUT2D eigenvalue weighted by molar-refractivity contribution is 7.13. The molecule has 0 unspecified atom stereocenters. The number of aromatic nitrogens is 1. The number of hydrogen-bond donors (Lipinski definition) is 2. The monoisotopic (exact) mass is 450 g/mol. The second-order valence-electron chi connectivity index (χ2n) is 7.31. The number of hydrogen-bond acceptors (Lipinski definition) is 5. The molecule has 0 aliphatic carbocycles. The van der Waals surface area contributed by atoms with Crippen LogP contribution in [0, 0.1) is 5.92 Å². The van der Waals surface area contributed by atoms with Gasteiger partial charge in [-0.05, 0) is 36.6 Å². The summed E-state index contributed by atoms with van der Waals surface area (Å²) in [6.07, 6.45) is 1.03. The highest BCUT2D eigenvalue weighted by Crippen LogP contribution is 2.17. The Kier molecular flexibility index (Phi) is 9.26. The second kappa shape index (κ2) is 11.7. The first kappa shape index (κ1) is 23.8. The van der Waals surface area contributed by atoms with Gasteiger partial charge in [0.15, 0.2) is 5.13 Å². The van der Waals surface area contributed by atoms with Crippen molar-refractivity contribution < 1.29 is 14.4 Å². The molecule has 9 heteroatoms. The van der Waals surface area contributed by atoms with Crippen LogP contribution in [0.25, 0.3) is 0 Å². The van der Waals surface area contributed by atoms with Crippen molar-refractivity contribution in [3.8, 4) is 0 Å². The van der Waals surface area contributed by atoms with Crippen LogP contribution in [0.4, 0.5) is 5.13 Å². The number of rotatable bonds is 10. The van der Waals surface area contributed by atoms with Gasteiger partial charge in [0.05, 0.1) is 12.1 Å². The zero-order chi connectivity index (χ0) is 22.1. The maximum atomic E-state index is 12.8. The molecule has 1 heterocycles. The molecule has 0 saturated heterocycles. The van der Waals surface area contributed by atoms with Gasteiger partial charge in [0.1, 0.15) is 6.54 Å². The molecule has 2 rings (SSSR count). The normalized spacial score (nSPS) is 10.7. The van der Waals surface area contributed by atoms with Gasteiger partial charge in [0.2, 0.25) is 11.8 Å². The Hall–Kier alpha value is -2.45. The van der Waals surface area contributed by atoms with E-state index in [1.165, 1.54) is 16.2 Å². The summed E-state index contributed by atoms with van der Waals surface area (Å²) < 4.78 is 0. The molecule has 162 valence electrons. The van der Waals surface area contributed by atoms with Gasteiger partial charge in [-0.3, -0.25) is 14.4 Å². The van der Waals surface area contributed by atoms with E-state index in [2.05, 4.69) is 15.6 Å². The lowest BCUT2D eigenvalue weighted by molar-refractivity contribution is -0.120. The fraction of sp³-hybridized carbons (Fsp3) is 0.429. The van der Waals surface area contributed by atoms with Crippen LogP contribution in [0.1, 0.15) is 43.2 Å². The zero-order valence-corrected chi connectivity index (χ0v) is 19.0. The summed E-state index contributed by atoms with van der Waals surface area (Å²) in [6, 6.07) is 6.59. The molecule has 2 aromatic rings. The van der Waals surface area contributed by atoms with E-state index < -0.39 is 0 Å². The Labute approximate surface area is 185 Å². The van der Waals surface area contributed by atoms with Crippen molar-refractivity contribution in [3.63, 3.8) is 0 Å². The third kappa shape index (κ3) is 7.76. The van der Waals surface area contributed by atoms with E-state index in [-0.39, 0.29) is 36.6 Å². The van der Waals surface area contributed by atoms with Crippen LogP contribution >= 0.6 is 22.9 Å². The van der Waals surface area contributed by atoms with E-state index in [1.807, 2.05) is 20.8 Å². The van der Waals surface area contributed by atoms with Crippen LogP contribution in [-0.4, -0.2) is 47.2 Å². The van der Waals surface area contributed by atoms with E-state index in [0.717, 1.165) is 6.42 Å². The van der Waals surface area contributed by atoms with Crippen LogP contribution < -0.4 is 10.6 Å². The quantitative estimate of drug-likeness (QED) is 0.578. The van der Waals surface area contributed by atoms with Crippen molar-refractivity contribution in [1.29, 1.82) is 0 Å². The summed E-state index contributed by atoms with van der Waals surface area (Å²) in [7, 11) is 0. The van der Waals surface area contributed by atoms with E-state index in [0.29, 0.717) is 34.5 Å². The van der Waals surface area contributed by atoms with Gasteiger partial charge < -0.3 is 15.5 Å². The number of carbonyl (C=O) groups excluding carboxylic acids is 3. The molecule has 0 radical (unpaired) electrons. The number of thiazole rings is 1. The zero-order valence-electron chi connectivity index (χ0n) is 17.4. The lowest BCUT2D eigenvalue weighted by atomic mass is 10.1. The van der Waals surface area contributed by atoms with Crippen molar-refractivity contribution in [1.82, 2.24) is 15.2 Å². The lowest BCUT2D eigenvalue weighted by Crippen LogP contribution is -2.40. The van der Waals surface area contributed by atoms with E-state index in [1.54, 1.807) is 29.6 Å². The molecular formula is C21H27ClN4O3S. The molecule has 0 atom stereocenters. The lowest BCUT2D eigenvalue weighted by Gasteiger charge is -2.24. The molecule has 0 saturated carbocycles. The largest absolute Gasteiger partial charge is 0.356 e. The summed E-state index contributed by atoms with van der Waals surface area (Å²) in [5.41, 5.74) is 1.07. The van der Waals surface area contributed by atoms with Crippen LogP contribution in [0.2, 0.25) is 5.02 Å². The highest BCUT2D eigenvalue weighted by atomic mass is 35.5. The average molecular weight is 451 g/mol. The van der Waals surface area contributed by atoms with Gasteiger partial charge in [-0.25, -0.2) is 4.98 Å². The molecule has 30 heavy (non-hydrogen) atoms. The standard InChI is InChI=1S/C21H27ClN4O3S/c1-4-9-23-18(27)10-17-13-30-21(24-17)25-19(28)12-26(11-14(2)3)20(29)15-5-7-16(22)8-6-15/h5-8,13-14H,4,9-12H2,1-3H3,(H,23,27)(H,24,25,28). The fourth-order valence-electron chi connectivity index (χ4n) is 2.70. The Bertz CT molecular complexity index is 867. The molecular weight excluding hydrogens is 424 g/mol. The van der Waals surface area contributed by atoms with Crippen LogP contribution in [0.15, 0.2) is 29.6 Å². The van der Waals surface area contributed by atoms with Crippen molar-refractivity contribution in [3.05, 3.63) is 45.9 Å². The Morgan fingerprint density at radius 1 is 1.17 bits per heavy atom. The van der Waals surface area contributed by atoms with Crippen molar-refractivity contribution in [2.45, 2.75) is 33.6 Å². The first-order chi connectivity index (χ1) is 14.3. The minimum Gasteiger partial charge on any atom is -0.356 e. The number of carbonyl (C=O) groups is 3. The Morgan fingerprint density at radius 3 is 2.50 bits per heavy atom. The van der Waals surface area contributed by atoms with Crippen LogP contribution in [0.5, 0.6) is 0 Å². The summed E-state index contributed by atoms with van der Waals surface area (Å²) in [4.78, 5) is 43.0. The summed E-state index contributed by atoms with van der Waals surface area (Å²) in [5, 5.41) is 8.20. The highest BCUT2D eigenvalue weighted by Gasteiger charge is 2.20. The fourth-order valence-corrected chi connectivity index (χ4v) is 3.56. The molecule has 0 aliphatic rings. The average Bonchev–Trinajstić information content (AvgIpc) is 3.12.